The molecule has 0 saturated carbocycles. The van der Waals surface area contributed by atoms with Crippen LogP contribution in [0.1, 0.15) is 18.9 Å². The predicted molar refractivity (Wildman–Crippen MR) is 62.1 cm³/mol. The maximum Gasteiger partial charge on any atom is 0.123 e. The van der Waals surface area contributed by atoms with Crippen molar-refractivity contribution in [3.05, 3.63) is 29.6 Å². The summed E-state index contributed by atoms with van der Waals surface area (Å²) in [6.07, 6.45) is 2.07. The highest BCUT2D eigenvalue weighted by Crippen LogP contribution is 2.31. The maximum absolute atomic E-state index is 13.0. The zero-order valence-electron chi connectivity index (χ0n) is 8.67. The molecule has 1 aromatic carbocycles. The van der Waals surface area contributed by atoms with Gasteiger partial charge in [0, 0.05) is 17.3 Å². The molecule has 0 saturated heterocycles. The summed E-state index contributed by atoms with van der Waals surface area (Å²) in [7, 11) is 0. The molecule has 15 heavy (non-hydrogen) atoms. The third-order valence-electron chi connectivity index (χ3n) is 2.69. The normalized spacial score (nSPS) is 20.9. The Balaban J connectivity index is 2.03. The second-order valence-electron chi connectivity index (χ2n) is 4.19. The van der Waals surface area contributed by atoms with Crippen molar-refractivity contribution in [1.82, 2.24) is 0 Å². The molecule has 1 nitrogen and oxygen atoms in total. The molecule has 3 heteroatoms. The predicted octanol–water partition coefficient (Wildman–Crippen LogP) is 3.55. The highest BCUT2D eigenvalue weighted by Gasteiger charge is 2.24. The molecule has 1 aliphatic rings. The number of halogens is 2. The SMILES string of the molecule is CC(CBr)CC1Cc2cc(F)ccc2O1. The molecule has 1 aromatic rings. The summed E-state index contributed by atoms with van der Waals surface area (Å²) in [5.74, 6) is 1.27. The molecule has 0 spiro atoms. The summed E-state index contributed by atoms with van der Waals surface area (Å²) in [6.45, 7) is 2.18. The van der Waals surface area contributed by atoms with E-state index in [1.165, 1.54) is 6.07 Å². The van der Waals surface area contributed by atoms with Gasteiger partial charge in [-0.15, -0.1) is 0 Å². The molecule has 0 bridgehead atoms. The van der Waals surface area contributed by atoms with E-state index in [2.05, 4.69) is 22.9 Å². The molecule has 1 aliphatic heterocycles. The van der Waals surface area contributed by atoms with Gasteiger partial charge >= 0.3 is 0 Å². The Hall–Kier alpha value is -0.570. The molecule has 0 fully saturated rings. The van der Waals surface area contributed by atoms with Gasteiger partial charge in [-0.25, -0.2) is 4.39 Å². The monoisotopic (exact) mass is 272 g/mol. The minimum absolute atomic E-state index is 0.175. The van der Waals surface area contributed by atoms with E-state index in [4.69, 9.17) is 4.74 Å². The Kier molecular flexibility index (Phi) is 3.29. The Labute approximate surface area is 97.8 Å². The molecule has 1 heterocycles. The van der Waals surface area contributed by atoms with Gasteiger partial charge in [0.2, 0.25) is 0 Å². The van der Waals surface area contributed by atoms with Crippen LogP contribution in [0.2, 0.25) is 0 Å². The average molecular weight is 273 g/mol. The molecule has 2 atom stereocenters. The van der Waals surface area contributed by atoms with Gasteiger partial charge in [0.05, 0.1) is 0 Å². The van der Waals surface area contributed by atoms with Crippen LogP contribution in [0.15, 0.2) is 18.2 Å². The maximum atomic E-state index is 13.0. The topological polar surface area (TPSA) is 9.23 Å². The highest BCUT2D eigenvalue weighted by molar-refractivity contribution is 9.09. The molecule has 0 aromatic heterocycles. The Morgan fingerprint density at radius 3 is 3.13 bits per heavy atom. The zero-order valence-corrected chi connectivity index (χ0v) is 10.3. The number of fused-ring (bicyclic) bond motifs is 1. The molecule has 0 aliphatic carbocycles. The van der Waals surface area contributed by atoms with E-state index in [0.717, 1.165) is 29.5 Å². The summed E-state index contributed by atoms with van der Waals surface area (Å²) < 4.78 is 18.7. The second-order valence-corrected chi connectivity index (χ2v) is 4.84. The van der Waals surface area contributed by atoms with Gasteiger partial charge in [0.1, 0.15) is 17.7 Å². The summed E-state index contributed by atoms with van der Waals surface area (Å²) in [6, 6.07) is 4.76. The molecule has 0 amide bonds. The molecule has 0 N–H and O–H groups in total. The summed E-state index contributed by atoms with van der Waals surface area (Å²) >= 11 is 3.45. The minimum Gasteiger partial charge on any atom is -0.490 e. The van der Waals surface area contributed by atoms with Gasteiger partial charge in [0.15, 0.2) is 0 Å². The van der Waals surface area contributed by atoms with Gasteiger partial charge in [-0.2, -0.15) is 0 Å². The Bertz CT molecular complexity index is 353. The summed E-state index contributed by atoms with van der Waals surface area (Å²) in [5, 5.41) is 0.984. The molecular weight excluding hydrogens is 259 g/mol. The van der Waals surface area contributed by atoms with E-state index >= 15 is 0 Å². The van der Waals surface area contributed by atoms with Crippen LogP contribution in [-0.4, -0.2) is 11.4 Å². The number of hydrogen-bond acceptors (Lipinski definition) is 1. The zero-order chi connectivity index (χ0) is 10.8. The Morgan fingerprint density at radius 1 is 1.60 bits per heavy atom. The fourth-order valence-electron chi connectivity index (χ4n) is 1.93. The fraction of sp³-hybridized carbons (Fsp3) is 0.500. The van der Waals surface area contributed by atoms with Crippen molar-refractivity contribution in [1.29, 1.82) is 0 Å². The lowest BCUT2D eigenvalue weighted by atomic mass is 10.0. The standard InChI is InChI=1S/C12H14BrFO/c1-8(7-13)4-11-6-9-5-10(14)2-3-12(9)15-11/h2-3,5,8,11H,4,6-7H2,1H3. The number of alkyl halides is 1. The summed E-state index contributed by atoms with van der Waals surface area (Å²) in [4.78, 5) is 0. The van der Waals surface area contributed by atoms with Crippen LogP contribution < -0.4 is 4.74 Å². The van der Waals surface area contributed by atoms with Crippen molar-refractivity contribution >= 4 is 15.9 Å². The summed E-state index contributed by atoms with van der Waals surface area (Å²) in [5.41, 5.74) is 1.00. The third-order valence-corrected chi connectivity index (χ3v) is 3.80. The van der Waals surface area contributed by atoms with Gasteiger partial charge < -0.3 is 4.74 Å². The van der Waals surface area contributed by atoms with Gasteiger partial charge in [-0.05, 0) is 30.5 Å². The van der Waals surface area contributed by atoms with Crippen molar-refractivity contribution in [2.45, 2.75) is 25.9 Å². The molecule has 2 unspecified atom stereocenters. The van der Waals surface area contributed by atoms with Crippen LogP contribution in [0.25, 0.3) is 0 Å². The van der Waals surface area contributed by atoms with Crippen LogP contribution in [0, 0.1) is 11.7 Å². The van der Waals surface area contributed by atoms with E-state index in [-0.39, 0.29) is 11.9 Å². The van der Waals surface area contributed by atoms with Crippen LogP contribution in [0.3, 0.4) is 0 Å². The smallest absolute Gasteiger partial charge is 0.123 e. The fourth-order valence-corrected chi connectivity index (χ4v) is 2.20. The lowest BCUT2D eigenvalue weighted by molar-refractivity contribution is 0.203. The number of benzene rings is 1. The minimum atomic E-state index is -0.175. The number of ether oxygens (including phenoxy) is 1. The highest BCUT2D eigenvalue weighted by atomic mass is 79.9. The lowest BCUT2D eigenvalue weighted by Crippen LogP contribution is -2.17. The molecule has 82 valence electrons. The van der Waals surface area contributed by atoms with Crippen LogP contribution >= 0.6 is 15.9 Å². The van der Waals surface area contributed by atoms with Gasteiger partial charge in [-0.3, -0.25) is 0 Å². The average Bonchev–Trinajstić information content (AvgIpc) is 2.59. The molecule has 0 radical (unpaired) electrons. The van der Waals surface area contributed by atoms with E-state index in [1.807, 2.05) is 0 Å². The Morgan fingerprint density at radius 2 is 2.40 bits per heavy atom. The van der Waals surface area contributed by atoms with Crippen molar-refractivity contribution in [3.8, 4) is 5.75 Å². The first-order valence-corrected chi connectivity index (χ1v) is 6.32. The van der Waals surface area contributed by atoms with E-state index < -0.39 is 0 Å². The second kappa shape index (κ2) is 4.52. The van der Waals surface area contributed by atoms with E-state index in [1.54, 1.807) is 12.1 Å². The number of rotatable bonds is 3. The first kappa shape index (κ1) is 10.9. The largest absolute Gasteiger partial charge is 0.490 e. The van der Waals surface area contributed by atoms with Crippen LogP contribution in [0.5, 0.6) is 5.75 Å². The van der Waals surface area contributed by atoms with Crippen molar-refractivity contribution in [2.75, 3.05) is 5.33 Å². The van der Waals surface area contributed by atoms with Crippen LogP contribution in [0.4, 0.5) is 4.39 Å². The molecule has 2 rings (SSSR count). The van der Waals surface area contributed by atoms with Gasteiger partial charge in [0.25, 0.3) is 0 Å². The third kappa shape index (κ3) is 2.51. The van der Waals surface area contributed by atoms with E-state index in [0.29, 0.717) is 5.92 Å². The molecular formula is C12H14BrFO. The van der Waals surface area contributed by atoms with Gasteiger partial charge in [-0.1, -0.05) is 22.9 Å². The quantitative estimate of drug-likeness (QED) is 0.765. The van der Waals surface area contributed by atoms with E-state index in [9.17, 15) is 4.39 Å². The first-order chi connectivity index (χ1) is 7.19. The van der Waals surface area contributed by atoms with Crippen molar-refractivity contribution in [3.63, 3.8) is 0 Å². The van der Waals surface area contributed by atoms with Crippen molar-refractivity contribution in [2.24, 2.45) is 5.92 Å². The van der Waals surface area contributed by atoms with Crippen LogP contribution in [-0.2, 0) is 6.42 Å². The first-order valence-electron chi connectivity index (χ1n) is 5.20. The lowest BCUT2D eigenvalue weighted by Gasteiger charge is -2.14. The number of hydrogen-bond donors (Lipinski definition) is 0. The van der Waals surface area contributed by atoms with Crippen molar-refractivity contribution < 1.29 is 9.13 Å².